The van der Waals surface area contributed by atoms with Gasteiger partial charge >= 0.3 is 0 Å². The van der Waals surface area contributed by atoms with Gasteiger partial charge in [-0.15, -0.1) is 0 Å². The van der Waals surface area contributed by atoms with Crippen LogP contribution in [0, 0.1) is 9.49 Å². The summed E-state index contributed by atoms with van der Waals surface area (Å²) in [6.45, 7) is 0.826. The van der Waals surface area contributed by atoms with Gasteiger partial charge in [0.25, 0.3) is 5.91 Å². The Labute approximate surface area is 162 Å². The molecule has 7 heteroatoms. The first kappa shape index (κ1) is 19.8. The molecule has 6 nitrogen and oxygen atoms in total. The number of hydrogen-bond acceptors (Lipinski definition) is 4. The van der Waals surface area contributed by atoms with Crippen LogP contribution in [0.1, 0.15) is 42.5 Å². The lowest BCUT2D eigenvalue weighted by Gasteiger charge is -2.20. The van der Waals surface area contributed by atoms with Crippen molar-refractivity contribution in [2.75, 3.05) is 27.3 Å². The molecule has 0 aliphatic heterocycles. The fourth-order valence-corrected chi connectivity index (χ4v) is 3.68. The summed E-state index contributed by atoms with van der Waals surface area (Å²) in [4.78, 5) is 24.4. The Balaban J connectivity index is 1.83. The molecule has 2 rings (SSSR count). The molecule has 1 aliphatic rings. The number of amides is 2. The van der Waals surface area contributed by atoms with Crippen LogP contribution >= 0.6 is 22.6 Å². The molecule has 0 aromatic heterocycles. The van der Waals surface area contributed by atoms with Crippen molar-refractivity contribution >= 4 is 34.4 Å². The van der Waals surface area contributed by atoms with E-state index in [-0.39, 0.29) is 17.7 Å². The van der Waals surface area contributed by atoms with Gasteiger partial charge in [-0.2, -0.15) is 0 Å². The number of rotatable bonds is 7. The Bertz CT molecular complexity index is 615. The zero-order valence-corrected chi connectivity index (χ0v) is 16.9. The molecule has 1 aromatic rings. The molecule has 0 atom stereocenters. The fourth-order valence-electron chi connectivity index (χ4n) is 2.99. The first-order valence-corrected chi connectivity index (χ1v) is 9.62. The lowest BCUT2D eigenvalue weighted by Crippen LogP contribution is -2.38. The van der Waals surface area contributed by atoms with Crippen LogP contribution in [0.25, 0.3) is 0 Å². The van der Waals surface area contributed by atoms with E-state index in [9.17, 15) is 9.59 Å². The van der Waals surface area contributed by atoms with Crippen LogP contribution in [-0.4, -0.2) is 39.1 Å². The van der Waals surface area contributed by atoms with Crippen LogP contribution in [0.4, 0.5) is 0 Å². The summed E-state index contributed by atoms with van der Waals surface area (Å²) in [5.74, 6) is 1.14. The number of nitrogens with one attached hydrogen (secondary N) is 2. The van der Waals surface area contributed by atoms with Gasteiger partial charge in [-0.3, -0.25) is 9.59 Å². The summed E-state index contributed by atoms with van der Waals surface area (Å²) >= 11 is 2.09. The van der Waals surface area contributed by atoms with E-state index in [0.29, 0.717) is 30.2 Å². The molecule has 0 spiro atoms. The van der Waals surface area contributed by atoms with Gasteiger partial charge in [-0.05, 0) is 47.6 Å². The molecular formula is C18H25IN2O4. The largest absolute Gasteiger partial charge is 0.493 e. The quantitative estimate of drug-likeness (QED) is 0.485. The van der Waals surface area contributed by atoms with Crippen LogP contribution in [0.2, 0.25) is 0 Å². The molecule has 138 valence electrons. The Hall–Kier alpha value is -1.51. The predicted octanol–water partition coefficient (Wildman–Crippen LogP) is 2.73. The second-order valence-corrected chi connectivity index (χ2v) is 7.23. The molecule has 0 radical (unpaired) electrons. The van der Waals surface area contributed by atoms with Gasteiger partial charge in [0.2, 0.25) is 5.91 Å². The van der Waals surface area contributed by atoms with E-state index in [0.717, 1.165) is 29.3 Å². The number of halogens is 1. The molecule has 1 aromatic carbocycles. The van der Waals surface area contributed by atoms with Crippen LogP contribution < -0.4 is 20.1 Å². The highest BCUT2D eigenvalue weighted by atomic mass is 127. The summed E-state index contributed by atoms with van der Waals surface area (Å²) in [7, 11) is 3.09. The Morgan fingerprint density at radius 2 is 1.64 bits per heavy atom. The minimum Gasteiger partial charge on any atom is -0.493 e. The van der Waals surface area contributed by atoms with Crippen molar-refractivity contribution in [2.45, 2.75) is 32.1 Å². The summed E-state index contributed by atoms with van der Waals surface area (Å²) in [6, 6.07) is 3.43. The summed E-state index contributed by atoms with van der Waals surface area (Å²) in [5.41, 5.74) is 0.525. The maximum absolute atomic E-state index is 12.4. The van der Waals surface area contributed by atoms with Gasteiger partial charge in [0.05, 0.1) is 19.8 Å². The van der Waals surface area contributed by atoms with Crippen LogP contribution in [0.5, 0.6) is 11.5 Å². The van der Waals surface area contributed by atoms with Crippen molar-refractivity contribution in [3.8, 4) is 11.5 Å². The van der Waals surface area contributed by atoms with Gasteiger partial charge in [-0.1, -0.05) is 19.3 Å². The van der Waals surface area contributed by atoms with Gasteiger partial charge < -0.3 is 20.1 Å². The molecule has 1 saturated carbocycles. The number of ether oxygens (including phenoxy) is 2. The fraction of sp³-hybridized carbons (Fsp3) is 0.556. The van der Waals surface area contributed by atoms with Gasteiger partial charge in [-0.25, -0.2) is 0 Å². The van der Waals surface area contributed by atoms with E-state index < -0.39 is 0 Å². The topological polar surface area (TPSA) is 76.7 Å². The summed E-state index contributed by atoms with van der Waals surface area (Å²) < 4.78 is 11.2. The molecule has 0 bridgehead atoms. The minimum absolute atomic E-state index is 0.106. The van der Waals surface area contributed by atoms with E-state index in [1.165, 1.54) is 13.5 Å². The maximum Gasteiger partial charge on any atom is 0.252 e. The molecule has 1 fully saturated rings. The first-order chi connectivity index (χ1) is 12.1. The SMILES string of the molecule is COc1cc(I)c(C(=O)NCCNC(=O)C2CCCCC2)cc1OC. The Morgan fingerprint density at radius 1 is 1.04 bits per heavy atom. The van der Waals surface area contributed by atoms with Crippen molar-refractivity contribution in [1.82, 2.24) is 10.6 Å². The second kappa shape index (κ2) is 9.84. The van der Waals surface area contributed by atoms with E-state index >= 15 is 0 Å². The van der Waals surface area contributed by atoms with Crippen LogP contribution in [-0.2, 0) is 4.79 Å². The van der Waals surface area contributed by atoms with Crippen molar-refractivity contribution in [2.24, 2.45) is 5.92 Å². The highest BCUT2D eigenvalue weighted by Gasteiger charge is 2.20. The molecular weight excluding hydrogens is 435 g/mol. The van der Waals surface area contributed by atoms with Gasteiger partial charge in [0.1, 0.15) is 0 Å². The molecule has 2 N–H and O–H groups in total. The Morgan fingerprint density at radius 3 is 2.28 bits per heavy atom. The third-order valence-corrected chi connectivity index (χ3v) is 5.30. The number of hydrogen-bond donors (Lipinski definition) is 2. The first-order valence-electron chi connectivity index (χ1n) is 8.54. The molecule has 0 unspecified atom stereocenters. The second-order valence-electron chi connectivity index (χ2n) is 6.07. The standard InChI is InChI=1S/C18H25IN2O4/c1-24-15-10-13(14(19)11-16(15)25-2)18(23)21-9-8-20-17(22)12-6-4-3-5-7-12/h10-12H,3-9H2,1-2H3,(H,20,22)(H,21,23). The number of benzene rings is 1. The molecule has 2 amide bonds. The molecule has 0 saturated heterocycles. The third kappa shape index (κ3) is 5.49. The molecule has 0 heterocycles. The average molecular weight is 460 g/mol. The van der Waals surface area contributed by atoms with Gasteiger partial charge in [0, 0.05) is 22.6 Å². The normalized spacial score (nSPS) is 14.7. The number of carbonyl (C=O) groups excluding carboxylic acids is 2. The monoisotopic (exact) mass is 460 g/mol. The van der Waals surface area contributed by atoms with E-state index in [4.69, 9.17) is 9.47 Å². The van der Waals surface area contributed by atoms with Gasteiger partial charge in [0.15, 0.2) is 11.5 Å². The lowest BCUT2D eigenvalue weighted by atomic mass is 9.89. The number of carbonyl (C=O) groups is 2. The molecule has 1 aliphatic carbocycles. The summed E-state index contributed by atoms with van der Waals surface area (Å²) in [5, 5.41) is 5.75. The Kier molecular flexibility index (Phi) is 7.80. The smallest absolute Gasteiger partial charge is 0.252 e. The number of methoxy groups -OCH3 is 2. The zero-order chi connectivity index (χ0) is 18.2. The predicted molar refractivity (Wildman–Crippen MR) is 104 cm³/mol. The summed E-state index contributed by atoms with van der Waals surface area (Å²) in [6.07, 6.45) is 5.44. The highest BCUT2D eigenvalue weighted by Crippen LogP contribution is 2.31. The third-order valence-electron chi connectivity index (χ3n) is 4.40. The van der Waals surface area contributed by atoms with Crippen molar-refractivity contribution in [3.05, 3.63) is 21.3 Å². The lowest BCUT2D eigenvalue weighted by molar-refractivity contribution is -0.125. The van der Waals surface area contributed by atoms with Crippen LogP contribution in [0.15, 0.2) is 12.1 Å². The zero-order valence-electron chi connectivity index (χ0n) is 14.7. The maximum atomic E-state index is 12.4. The van der Waals surface area contributed by atoms with E-state index in [1.807, 2.05) is 0 Å². The highest BCUT2D eigenvalue weighted by molar-refractivity contribution is 14.1. The average Bonchev–Trinajstić information content (AvgIpc) is 2.65. The van der Waals surface area contributed by atoms with Crippen molar-refractivity contribution in [1.29, 1.82) is 0 Å². The van der Waals surface area contributed by atoms with E-state index in [2.05, 4.69) is 33.2 Å². The van der Waals surface area contributed by atoms with Crippen LogP contribution in [0.3, 0.4) is 0 Å². The van der Waals surface area contributed by atoms with Crippen molar-refractivity contribution < 1.29 is 19.1 Å². The van der Waals surface area contributed by atoms with E-state index in [1.54, 1.807) is 19.2 Å². The molecule has 25 heavy (non-hydrogen) atoms. The minimum atomic E-state index is -0.197. The van der Waals surface area contributed by atoms with Crippen molar-refractivity contribution in [3.63, 3.8) is 0 Å².